The molecule has 7 heteroatoms. The van der Waals surface area contributed by atoms with E-state index in [9.17, 15) is 9.59 Å². The molecular formula is C18H19N3O4. The van der Waals surface area contributed by atoms with Crippen LogP contribution in [0.4, 0.5) is 0 Å². The standard InChI is InChI=1S/C18H19N3O4/c1-24-10-4-9-21-16-15(17(22)20-18(21)23)14(7-8-19-16)12-5-3-6-13(11-12)25-2/h3,5-8,11H,4,9-10H2,1-2H3,(H,20,22,23). The molecule has 0 aliphatic rings. The van der Waals surface area contributed by atoms with Gasteiger partial charge in [-0.15, -0.1) is 0 Å². The maximum absolute atomic E-state index is 12.5. The van der Waals surface area contributed by atoms with E-state index in [1.807, 2.05) is 24.3 Å². The fraction of sp³-hybridized carbons (Fsp3) is 0.278. The van der Waals surface area contributed by atoms with Crippen LogP contribution in [0, 0.1) is 0 Å². The van der Waals surface area contributed by atoms with Crippen molar-refractivity contribution in [3.05, 3.63) is 57.4 Å². The van der Waals surface area contributed by atoms with Crippen LogP contribution in [0.2, 0.25) is 0 Å². The topological polar surface area (TPSA) is 86.2 Å². The lowest BCUT2D eigenvalue weighted by atomic mass is 10.0. The summed E-state index contributed by atoms with van der Waals surface area (Å²) >= 11 is 0. The van der Waals surface area contributed by atoms with Gasteiger partial charge in [0.1, 0.15) is 11.4 Å². The van der Waals surface area contributed by atoms with Crippen molar-refractivity contribution in [2.75, 3.05) is 20.8 Å². The van der Waals surface area contributed by atoms with Crippen molar-refractivity contribution in [1.82, 2.24) is 14.5 Å². The van der Waals surface area contributed by atoms with Gasteiger partial charge in [-0.25, -0.2) is 9.78 Å². The van der Waals surface area contributed by atoms with Gasteiger partial charge in [0.2, 0.25) is 0 Å². The van der Waals surface area contributed by atoms with Crippen LogP contribution in [-0.4, -0.2) is 35.4 Å². The lowest BCUT2D eigenvalue weighted by Gasteiger charge is -2.11. The summed E-state index contributed by atoms with van der Waals surface area (Å²) in [4.78, 5) is 31.3. The van der Waals surface area contributed by atoms with E-state index < -0.39 is 11.2 Å². The highest BCUT2D eigenvalue weighted by atomic mass is 16.5. The molecule has 7 nitrogen and oxygen atoms in total. The predicted molar refractivity (Wildman–Crippen MR) is 95.1 cm³/mol. The second kappa shape index (κ2) is 7.31. The first-order valence-electron chi connectivity index (χ1n) is 7.91. The Balaban J connectivity index is 2.23. The molecule has 0 saturated heterocycles. The van der Waals surface area contributed by atoms with Crippen molar-refractivity contribution in [3.8, 4) is 16.9 Å². The Hall–Kier alpha value is -2.93. The van der Waals surface area contributed by atoms with Crippen LogP contribution in [0.3, 0.4) is 0 Å². The lowest BCUT2D eigenvalue weighted by molar-refractivity contribution is 0.190. The smallest absolute Gasteiger partial charge is 0.329 e. The summed E-state index contributed by atoms with van der Waals surface area (Å²) in [5, 5.41) is 0.382. The molecule has 0 aliphatic carbocycles. The average molecular weight is 341 g/mol. The molecule has 0 fully saturated rings. The number of pyridine rings is 1. The monoisotopic (exact) mass is 341 g/mol. The van der Waals surface area contributed by atoms with Gasteiger partial charge in [-0.3, -0.25) is 14.3 Å². The predicted octanol–water partition coefficient (Wildman–Crippen LogP) is 1.80. The van der Waals surface area contributed by atoms with E-state index in [2.05, 4.69) is 9.97 Å². The van der Waals surface area contributed by atoms with Crippen LogP contribution < -0.4 is 16.0 Å². The number of aryl methyl sites for hydroxylation is 1. The van der Waals surface area contributed by atoms with E-state index in [1.54, 1.807) is 26.5 Å². The third-order valence-corrected chi connectivity index (χ3v) is 3.99. The molecule has 3 rings (SSSR count). The van der Waals surface area contributed by atoms with E-state index in [0.29, 0.717) is 41.9 Å². The van der Waals surface area contributed by atoms with Crippen molar-refractivity contribution in [2.24, 2.45) is 0 Å². The van der Waals surface area contributed by atoms with Crippen molar-refractivity contribution in [3.63, 3.8) is 0 Å². The molecule has 0 atom stereocenters. The summed E-state index contributed by atoms with van der Waals surface area (Å²) in [5.74, 6) is 0.687. The summed E-state index contributed by atoms with van der Waals surface area (Å²) in [6.07, 6.45) is 2.24. The van der Waals surface area contributed by atoms with E-state index in [1.165, 1.54) is 4.57 Å². The number of ether oxygens (including phenoxy) is 2. The van der Waals surface area contributed by atoms with E-state index >= 15 is 0 Å². The maximum Gasteiger partial charge on any atom is 0.329 e. The molecule has 0 radical (unpaired) electrons. The quantitative estimate of drug-likeness (QED) is 0.691. The Kier molecular flexibility index (Phi) is 4.95. The zero-order valence-corrected chi connectivity index (χ0v) is 14.1. The molecule has 1 aromatic carbocycles. The van der Waals surface area contributed by atoms with Crippen LogP contribution in [0.15, 0.2) is 46.1 Å². The van der Waals surface area contributed by atoms with Crippen molar-refractivity contribution in [1.29, 1.82) is 0 Å². The van der Waals surface area contributed by atoms with Crippen LogP contribution in [0.1, 0.15) is 6.42 Å². The minimum Gasteiger partial charge on any atom is -0.497 e. The van der Waals surface area contributed by atoms with Crippen molar-refractivity contribution < 1.29 is 9.47 Å². The first kappa shape index (κ1) is 16.9. The molecule has 2 aromatic heterocycles. The fourth-order valence-electron chi connectivity index (χ4n) is 2.81. The first-order valence-corrected chi connectivity index (χ1v) is 7.91. The van der Waals surface area contributed by atoms with Gasteiger partial charge in [-0.05, 0) is 35.7 Å². The highest BCUT2D eigenvalue weighted by molar-refractivity contribution is 5.92. The molecule has 130 valence electrons. The number of hydrogen-bond acceptors (Lipinski definition) is 5. The zero-order chi connectivity index (χ0) is 17.8. The number of rotatable bonds is 6. The third-order valence-electron chi connectivity index (χ3n) is 3.99. The Bertz CT molecular complexity index is 1010. The number of benzene rings is 1. The molecule has 1 N–H and O–H groups in total. The maximum atomic E-state index is 12.5. The molecule has 0 saturated carbocycles. The number of nitrogens with one attached hydrogen (secondary N) is 1. The molecule has 3 aromatic rings. The molecule has 0 bridgehead atoms. The number of H-pyrrole nitrogens is 1. The van der Waals surface area contributed by atoms with Gasteiger partial charge >= 0.3 is 5.69 Å². The van der Waals surface area contributed by atoms with E-state index in [4.69, 9.17) is 9.47 Å². The second-order valence-electron chi connectivity index (χ2n) is 5.55. The largest absolute Gasteiger partial charge is 0.497 e. The number of fused-ring (bicyclic) bond motifs is 1. The number of aromatic nitrogens is 3. The van der Waals surface area contributed by atoms with Crippen LogP contribution in [0.25, 0.3) is 22.2 Å². The van der Waals surface area contributed by atoms with Crippen molar-refractivity contribution >= 4 is 11.0 Å². The fourth-order valence-corrected chi connectivity index (χ4v) is 2.81. The highest BCUT2D eigenvalue weighted by Gasteiger charge is 2.14. The Labute approximate surface area is 143 Å². The summed E-state index contributed by atoms with van der Waals surface area (Å²) < 4.78 is 11.8. The van der Waals surface area contributed by atoms with E-state index in [-0.39, 0.29) is 0 Å². The van der Waals surface area contributed by atoms with Crippen molar-refractivity contribution in [2.45, 2.75) is 13.0 Å². The minimum atomic E-state index is -0.469. The summed E-state index contributed by atoms with van der Waals surface area (Å²) in [7, 11) is 3.19. The number of hydrogen-bond donors (Lipinski definition) is 1. The molecule has 0 spiro atoms. The van der Waals surface area contributed by atoms with Gasteiger partial charge in [0, 0.05) is 26.5 Å². The van der Waals surface area contributed by atoms with Crippen LogP contribution in [0.5, 0.6) is 5.75 Å². The zero-order valence-electron chi connectivity index (χ0n) is 14.1. The van der Waals surface area contributed by atoms with Gasteiger partial charge in [0.15, 0.2) is 0 Å². The second-order valence-corrected chi connectivity index (χ2v) is 5.55. The van der Waals surface area contributed by atoms with Gasteiger partial charge in [0.05, 0.1) is 12.5 Å². The highest BCUT2D eigenvalue weighted by Crippen LogP contribution is 2.27. The minimum absolute atomic E-state index is 0.366. The van der Waals surface area contributed by atoms with Crippen LogP contribution in [-0.2, 0) is 11.3 Å². The molecule has 0 amide bonds. The molecular weight excluding hydrogens is 322 g/mol. The summed E-state index contributed by atoms with van der Waals surface area (Å²) in [6.45, 7) is 0.928. The van der Waals surface area contributed by atoms with Gasteiger partial charge in [-0.1, -0.05) is 12.1 Å². The number of aromatic amines is 1. The molecule has 0 unspecified atom stereocenters. The molecule has 25 heavy (non-hydrogen) atoms. The summed E-state index contributed by atoms with van der Waals surface area (Å²) in [6, 6.07) is 9.17. The summed E-state index contributed by atoms with van der Waals surface area (Å²) in [5.41, 5.74) is 0.966. The molecule has 0 aliphatic heterocycles. The number of methoxy groups -OCH3 is 2. The lowest BCUT2D eigenvalue weighted by Crippen LogP contribution is -2.31. The van der Waals surface area contributed by atoms with E-state index in [0.717, 1.165) is 5.56 Å². The SMILES string of the molecule is COCCCn1c(=O)[nH]c(=O)c2c(-c3cccc(OC)c3)ccnc21. The van der Waals surface area contributed by atoms with Gasteiger partial charge < -0.3 is 9.47 Å². The third kappa shape index (κ3) is 3.32. The Morgan fingerprint density at radius 2 is 2.04 bits per heavy atom. The normalized spacial score (nSPS) is 11.0. The average Bonchev–Trinajstić information content (AvgIpc) is 2.64. The van der Waals surface area contributed by atoms with Crippen LogP contribution >= 0.6 is 0 Å². The number of nitrogens with zero attached hydrogens (tertiary/aromatic N) is 2. The van der Waals surface area contributed by atoms with Gasteiger partial charge in [-0.2, -0.15) is 0 Å². The van der Waals surface area contributed by atoms with Gasteiger partial charge in [0.25, 0.3) is 5.56 Å². The Morgan fingerprint density at radius 3 is 2.80 bits per heavy atom. The first-order chi connectivity index (χ1) is 12.2. The Morgan fingerprint density at radius 1 is 1.20 bits per heavy atom. The molecule has 2 heterocycles.